The van der Waals surface area contributed by atoms with Gasteiger partial charge in [-0.1, -0.05) is 102 Å². The standard InChI is InChI=1S/C21H25.C13H10.C9H13.2ClH.Zr/c1-20(2,3)16-9-7-14-11-15-8-10-17(21(4,5)6)13-19(15)18(14)12-16;1-3-7-12(8-4-1)11-13-9-5-2-6-10-13;1-9(2,3)8-6-4-5-7-8;;;/h7,9-10,12-13H,11H2,1-6H3;1-10H;4-7H,1-3H3;2*1H;/q-1;;-1;;;+2/p-2. The van der Waals surface area contributed by atoms with Crippen molar-refractivity contribution in [3.8, 4) is 11.1 Å². The van der Waals surface area contributed by atoms with E-state index >= 15 is 0 Å². The molecule has 0 fully saturated rings. The Balaban J connectivity index is 0.000000256. The van der Waals surface area contributed by atoms with Crippen molar-refractivity contribution in [2.75, 3.05) is 0 Å². The quantitative estimate of drug-likeness (QED) is 0.217. The minimum absolute atomic E-state index is 0. The average Bonchev–Trinajstić information content (AvgIpc) is 3.66. The fraction of sp³-hybridized carbons (Fsp3) is 0.302. The predicted molar refractivity (Wildman–Crippen MR) is 188 cm³/mol. The molecule has 0 unspecified atom stereocenters. The van der Waals surface area contributed by atoms with Crippen LogP contribution < -0.4 is 24.8 Å². The summed E-state index contributed by atoms with van der Waals surface area (Å²) in [6.45, 7) is 20.3. The zero-order valence-corrected chi connectivity index (χ0v) is 32.9. The Hall–Kier alpha value is -2.44. The minimum atomic E-state index is 0. The molecule has 3 heteroatoms. The van der Waals surface area contributed by atoms with Crippen LogP contribution in [-0.2, 0) is 46.9 Å². The molecular weight excluding hydrogens is 679 g/mol. The first-order valence-corrected chi connectivity index (χ1v) is 17.0. The molecule has 5 aromatic rings. The van der Waals surface area contributed by atoms with E-state index in [1.54, 1.807) is 0 Å². The van der Waals surface area contributed by atoms with E-state index < -0.39 is 0 Å². The molecule has 0 atom stereocenters. The summed E-state index contributed by atoms with van der Waals surface area (Å²) in [6.07, 6.45) is 1.03. The molecule has 0 aliphatic heterocycles. The van der Waals surface area contributed by atoms with E-state index in [1.807, 2.05) is 0 Å². The van der Waals surface area contributed by atoms with Gasteiger partial charge < -0.3 is 24.8 Å². The number of benzene rings is 4. The van der Waals surface area contributed by atoms with Gasteiger partial charge in [-0.2, -0.15) is 53.1 Å². The molecule has 0 saturated carbocycles. The molecule has 6 rings (SSSR count). The molecule has 5 aromatic carbocycles. The molecule has 240 valence electrons. The third-order valence-electron chi connectivity index (χ3n) is 8.18. The number of hydrogen-bond acceptors (Lipinski definition) is 0. The van der Waals surface area contributed by atoms with E-state index in [0.29, 0.717) is 5.41 Å². The van der Waals surface area contributed by atoms with E-state index in [0.717, 1.165) is 6.42 Å². The first-order valence-electron chi connectivity index (χ1n) is 15.7. The van der Waals surface area contributed by atoms with Crippen LogP contribution in [0.2, 0.25) is 0 Å². The van der Waals surface area contributed by atoms with Crippen molar-refractivity contribution in [2.24, 2.45) is 0 Å². The van der Waals surface area contributed by atoms with E-state index in [4.69, 9.17) is 0 Å². The van der Waals surface area contributed by atoms with E-state index in [2.05, 4.69) is 184 Å². The molecule has 0 saturated heterocycles. The second kappa shape index (κ2) is 16.6. The number of fused-ring (bicyclic) bond motifs is 3. The van der Waals surface area contributed by atoms with Gasteiger partial charge in [0.2, 0.25) is 0 Å². The maximum atomic E-state index is 3.53. The Labute approximate surface area is 306 Å². The van der Waals surface area contributed by atoms with Crippen molar-refractivity contribution in [2.45, 2.75) is 85.0 Å². The van der Waals surface area contributed by atoms with Gasteiger partial charge in [-0.25, -0.2) is 6.07 Å². The zero-order chi connectivity index (χ0) is 32.1. The number of rotatable bonds is 2. The van der Waals surface area contributed by atoms with E-state index in [9.17, 15) is 0 Å². The summed E-state index contributed by atoms with van der Waals surface area (Å²) >= 11 is 1.46. The Bertz CT molecular complexity index is 1560. The number of halogens is 2. The topological polar surface area (TPSA) is 0 Å². The summed E-state index contributed by atoms with van der Waals surface area (Å²) in [5.41, 5.74) is 13.2. The van der Waals surface area contributed by atoms with Gasteiger partial charge >= 0.3 is 99.2 Å². The van der Waals surface area contributed by atoms with Crippen molar-refractivity contribution >= 4 is 3.21 Å². The second-order valence-corrected chi connectivity index (χ2v) is 16.1. The average molecular weight is 727 g/mol. The van der Waals surface area contributed by atoms with Gasteiger partial charge in [0.1, 0.15) is 0 Å². The van der Waals surface area contributed by atoms with Gasteiger partial charge in [0.25, 0.3) is 0 Å². The Morgan fingerprint density at radius 2 is 1.11 bits per heavy atom. The molecule has 1 aliphatic rings. The van der Waals surface area contributed by atoms with Gasteiger partial charge in [-0.05, 0) is 17.4 Å². The van der Waals surface area contributed by atoms with Gasteiger partial charge in [0.15, 0.2) is 0 Å². The van der Waals surface area contributed by atoms with Gasteiger partial charge in [0.05, 0.1) is 0 Å². The molecule has 0 bridgehead atoms. The van der Waals surface area contributed by atoms with Crippen LogP contribution in [0.1, 0.15) is 101 Å². The van der Waals surface area contributed by atoms with Crippen LogP contribution in [-0.4, -0.2) is 3.21 Å². The van der Waals surface area contributed by atoms with Crippen LogP contribution in [0.15, 0.2) is 115 Å². The molecule has 0 nitrogen and oxygen atoms in total. The zero-order valence-electron chi connectivity index (χ0n) is 28.9. The maximum absolute atomic E-state index is 3.53. The summed E-state index contributed by atoms with van der Waals surface area (Å²) < 4.78 is 1.42. The number of hydrogen-bond donors (Lipinski definition) is 0. The Kier molecular flexibility index (Phi) is 14.3. The SMILES string of the molecule is CC(C)(C)c1c[c-]c2c(c1)-c1cc(C(C)(C)C)ccc1C2.CC(C)(C)c1cc[cH-]c1.[Cl-].[Cl-].[Zr+2]=[C](c1ccccc1)c1ccccc1. The first-order chi connectivity index (χ1) is 20.6. The Morgan fingerprint density at radius 3 is 1.54 bits per heavy atom. The second-order valence-electron chi connectivity index (χ2n) is 14.9. The van der Waals surface area contributed by atoms with Crippen LogP contribution in [0, 0.1) is 6.07 Å². The van der Waals surface area contributed by atoms with Gasteiger partial charge in [-0.15, -0.1) is 5.56 Å². The molecule has 46 heavy (non-hydrogen) atoms. The summed E-state index contributed by atoms with van der Waals surface area (Å²) in [5.74, 6) is 0. The predicted octanol–water partition coefficient (Wildman–Crippen LogP) is 5.17. The Morgan fingerprint density at radius 1 is 0.609 bits per heavy atom. The van der Waals surface area contributed by atoms with Crippen LogP contribution >= 0.6 is 0 Å². The summed E-state index contributed by atoms with van der Waals surface area (Å²) in [4.78, 5) is 0. The normalized spacial score (nSPS) is 11.7. The van der Waals surface area contributed by atoms with Crippen molar-refractivity contribution in [1.82, 2.24) is 0 Å². The molecule has 0 aromatic heterocycles. The summed E-state index contributed by atoms with van der Waals surface area (Å²) in [7, 11) is 0. The van der Waals surface area contributed by atoms with Crippen LogP contribution in [0.25, 0.3) is 11.1 Å². The fourth-order valence-electron chi connectivity index (χ4n) is 5.24. The van der Waals surface area contributed by atoms with Crippen molar-refractivity contribution in [1.29, 1.82) is 0 Å². The molecule has 1 aliphatic carbocycles. The van der Waals surface area contributed by atoms with Crippen LogP contribution in [0.3, 0.4) is 0 Å². The third-order valence-corrected chi connectivity index (χ3v) is 9.60. The molecule has 0 heterocycles. The summed E-state index contributed by atoms with van der Waals surface area (Å²) in [6, 6.07) is 44.7. The summed E-state index contributed by atoms with van der Waals surface area (Å²) in [5, 5.41) is 0. The van der Waals surface area contributed by atoms with Crippen molar-refractivity contribution in [3.05, 3.63) is 160 Å². The van der Waals surface area contributed by atoms with E-state index in [-0.39, 0.29) is 35.6 Å². The van der Waals surface area contributed by atoms with Gasteiger partial charge in [-0.3, -0.25) is 0 Å². The van der Waals surface area contributed by atoms with Gasteiger partial charge in [0, 0.05) is 0 Å². The fourth-order valence-corrected chi connectivity index (χ4v) is 6.05. The molecule has 0 N–H and O–H groups in total. The van der Waals surface area contributed by atoms with Crippen molar-refractivity contribution in [3.63, 3.8) is 0 Å². The first kappa shape index (κ1) is 39.7. The third kappa shape index (κ3) is 10.5. The molecule has 0 spiro atoms. The van der Waals surface area contributed by atoms with Crippen molar-refractivity contribution < 1.29 is 49.0 Å². The van der Waals surface area contributed by atoms with Crippen LogP contribution in [0.5, 0.6) is 0 Å². The van der Waals surface area contributed by atoms with E-state index in [1.165, 1.54) is 77.5 Å². The van der Waals surface area contributed by atoms with Crippen LogP contribution in [0.4, 0.5) is 0 Å². The monoisotopic (exact) mass is 724 g/mol. The molecule has 0 amide bonds. The molecule has 0 radical (unpaired) electrons. The molecular formula is C43H48Cl2Zr-2.